The van der Waals surface area contributed by atoms with E-state index in [1.807, 2.05) is 19.1 Å². The Labute approximate surface area is 104 Å². The molecule has 3 N–H and O–H groups in total. The first-order valence-electron chi connectivity index (χ1n) is 6.27. The molecule has 1 atom stereocenters. The summed E-state index contributed by atoms with van der Waals surface area (Å²) in [5, 5.41) is 3.35. The van der Waals surface area contributed by atoms with E-state index in [-0.39, 0.29) is 6.04 Å². The number of benzene rings is 1. The van der Waals surface area contributed by atoms with Crippen LogP contribution in [0.25, 0.3) is 0 Å². The van der Waals surface area contributed by atoms with Crippen LogP contribution in [0.5, 0.6) is 5.75 Å². The van der Waals surface area contributed by atoms with Crippen molar-refractivity contribution in [1.82, 2.24) is 5.32 Å². The molecule has 0 aromatic heterocycles. The van der Waals surface area contributed by atoms with Crippen LogP contribution in [-0.4, -0.2) is 19.2 Å². The molecular formula is C14H24N2O. The first-order chi connectivity index (χ1) is 8.04. The summed E-state index contributed by atoms with van der Waals surface area (Å²) in [7, 11) is 0. The van der Waals surface area contributed by atoms with Crippen LogP contribution in [0.4, 0.5) is 0 Å². The van der Waals surface area contributed by atoms with Crippen LogP contribution in [0.15, 0.2) is 18.2 Å². The number of nitrogens with one attached hydrogen (secondary N) is 1. The van der Waals surface area contributed by atoms with Crippen molar-refractivity contribution in [1.29, 1.82) is 0 Å². The van der Waals surface area contributed by atoms with Gasteiger partial charge in [-0.3, -0.25) is 0 Å². The number of ether oxygens (including phenoxy) is 1. The molecule has 17 heavy (non-hydrogen) atoms. The van der Waals surface area contributed by atoms with Crippen LogP contribution in [0.1, 0.15) is 37.9 Å². The largest absolute Gasteiger partial charge is 0.494 e. The summed E-state index contributed by atoms with van der Waals surface area (Å²) < 4.78 is 5.51. The van der Waals surface area contributed by atoms with E-state index in [0.717, 1.165) is 23.4 Å². The third-order valence-electron chi connectivity index (χ3n) is 2.67. The molecule has 0 amide bonds. The van der Waals surface area contributed by atoms with E-state index in [4.69, 9.17) is 10.5 Å². The Kier molecular flexibility index (Phi) is 5.45. The molecule has 96 valence electrons. The van der Waals surface area contributed by atoms with Crippen LogP contribution < -0.4 is 15.8 Å². The lowest BCUT2D eigenvalue weighted by molar-refractivity contribution is 0.337. The first kappa shape index (κ1) is 14.0. The highest BCUT2D eigenvalue weighted by atomic mass is 16.5. The van der Waals surface area contributed by atoms with Gasteiger partial charge >= 0.3 is 0 Å². The molecule has 0 spiro atoms. The Hall–Kier alpha value is -1.06. The first-order valence-corrected chi connectivity index (χ1v) is 6.27. The van der Waals surface area contributed by atoms with Gasteiger partial charge in [-0.1, -0.05) is 26.0 Å². The fourth-order valence-electron chi connectivity index (χ4n) is 1.70. The van der Waals surface area contributed by atoms with E-state index in [9.17, 15) is 0 Å². The van der Waals surface area contributed by atoms with E-state index in [2.05, 4.69) is 32.2 Å². The van der Waals surface area contributed by atoms with Crippen molar-refractivity contribution in [2.45, 2.75) is 39.8 Å². The molecule has 0 heterocycles. The van der Waals surface area contributed by atoms with E-state index in [1.165, 1.54) is 0 Å². The van der Waals surface area contributed by atoms with Gasteiger partial charge in [0.25, 0.3) is 0 Å². The van der Waals surface area contributed by atoms with Gasteiger partial charge in [0, 0.05) is 18.6 Å². The SMILES string of the molecule is CCOc1ccc(C(N)CNC(C)C)cc1C. The maximum Gasteiger partial charge on any atom is 0.122 e. The van der Waals surface area contributed by atoms with Crippen LogP contribution >= 0.6 is 0 Å². The fraction of sp³-hybridized carbons (Fsp3) is 0.571. The Balaban J connectivity index is 2.68. The maximum atomic E-state index is 6.13. The van der Waals surface area contributed by atoms with Gasteiger partial charge in [0.1, 0.15) is 5.75 Å². The second-order valence-electron chi connectivity index (χ2n) is 4.63. The number of hydrogen-bond acceptors (Lipinski definition) is 3. The van der Waals surface area contributed by atoms with Gasteiger partial charge in [-0.05, 0) is 31.0 Å². The van der Waals surface area contributed by atoms with E-state index >= 15 is 0 Å². The predicted molar refractivity (Wildman–Crippen MR) is 72.4 cm³/mol. The molecule has 0 saturated carbocycles. The molecule has 3 heteroatoms. The molecule has 0 fully saturated rings. The van der Waals surface area contributed by atoms with Crippen molar-refractivity contribution < 1.29 is 4.74 Å². The zero-order valence-electron chi connectivity index (χ0n) is 11.3. The van der Waals surface area contributed by atoms with Crippen LogP contribution in [0.2, 0.25) is 0 Å². The molecule has 0 aliphatic carbocycles. The van der Waals surface area contributed by atoms with Crippen molar-refractivity contribution in [3.63, 3.8) is 0 Å². The normalized spacial score (nSPS) is 12.8. The molecule has 1 aromatic rings. The minimum atomic E-state index is 0.0341. The zero-order valence-corrected chi connectivity index (χ0v) is 11.3. The van der Waals surface area contributed by atoms with Gasteiger partial charge in [0.15, 0.2) is 0 Å². The predicted octanol–water partition coefficient (Wildman–Crippen LogP) is 2.39. The summed E-state index contributed by atoms with van der Waals surface area (Å²) in [5.41, 5.74) is 8.43. The number of nitrogens with two attached hydrogens (primary N) is 1. The molecule has 0 saturated heterocycles. The minimum Gasteiger partial charge on any atom is -0.494 e. The summed E-state index contributed by atoms with van der Waals surface area (Å²) in [4.78, 5) is 0. The summed E-state index contributed by atoms with van der Waals surface area (Å²) >= 11 is 0. The van der Waals surface area contributed by atoms with Crippen LogP contribution in [0, 0.1) is 6.92 Å². The van der Waals surface area contributed by atoms with E-state index in [0.29, 0.717) is 12.6 Å². The second kappa shape index (κ2) is 6.62. The lowest BCUT2D eigenvalue weighted by Crippen LogP contribution is -2.31. The van der Waals surface area contributed by atoms with Crippen molar-refractivity contribution in [2.75, 3.05) is 13.2 Å². The highest BCUT2D eigenvalue weighted by Gasteiger charge is 2.08. The van der Waals surface area contributed by atoms with Crippen molar-refractivity contribution >= 4 is 0 Å². The molecule has 3 nitrogen and oxygen atoms in total. The molecule has 0 radical (unpaired) electrons. The zero-order chi connectivity index (χ0) is 12.8. The van der Waals surface area contributed by atoms with E-state index < -0.39 is 0 Å². The highest BCUT2D eigenvalue weighted by molar-refractivity contribution is 5.37. The molecule has 1 aromatic carbocycles. The van der Waals surface area contributed by atoms with Crippen molar-refractivity contribution in [3.05, 3.63) is 29.3 Å². The molecule has 1 rings (SSSR count). The summed E-state index contributed by atoms with van der Waals surface area (Å²) in [6.45, 7) is 9.78. The van der Waals surface area contributed by atoms with E-state index in [1.54, 1.807) is 0 Å². The van der Waals surface area contributed by atoms with Gasteiger partial charge in [-0.2, -0.15) is 0 Å². The Morgan fingerprint density at radius 2 is 2.06 bits per heavy atom. The molecule has 1 unspecified atom stereocenters. The minimum absolute atomic E-state index is 0.0341. The van der Waals surface area contributed by atoms with Gasteiger partial charge in [0.2, 0.25) is 0 Å². The highest BCUT2D eigenvalue weighted by Crippen LogP contribution is 2.21. The van der Waals surface area contributed by atoms with Gasteiger partial charge in [0.05, 0.1) is 6.61 Å². The second-order valence-corrected chi connectivity index (χ2v) is 4.63. The van der Waals surface area contributed by atoms with Crippen LogP contribution in [-0.2, 0) is 0 Å². The molecule has 0 aliphatic heterocycles. The third-order valence-corrected chi connectivity index (χ3v) is 2.67. The van der Waals surface area contributed by atoms with Crippen LogP contribution in [0.3, 0.4) is 0 Å². The average Bonchev–Trinajstić information content (AvgIpc) is 2.28. The number of hydrogen-bond donors (Lipinski definition) is 2. The summed E-state index contributed by atoms with van der Waals surface area (Å²) in [5.74, 6) is 0.945. The van der Waals surface area contributed by atoms with Gasteiger partial charge in [-0.25, -0.2) is 0 Å². The lowest BCUT2D eigenvalue weighted by atomic mass is 10.0. The average molecular weight is 236 g/mol. The lowest BCUT2D eigenvalue weighted by Gasteiger charge is -2.17. The summed E-state index contributed by atoms with van der Waals surface area (Å²) in [6.07, 6.45) is 0. The third kappa shape index (κ3) is 4.36. The Morgan fingerprint density at radius 3 is 2.59 bits per heavy atom. The Morgan fingerprint density at radius 1 is 1.35 bits per heavy atom. The smallest absolute Gasteiger partial charge is 0.122 e. The Bertz CT molecular complexity index is 350. The van der Waals surface area contributed by atoms with Crippen molar-refractivity contribution in [2.24, 2.45) is 5.73 Å². The molecule has 0 bridgehead atoms. The number of aryl methyl sites for hydroxylation is 1. The van der Waals surface area contributed by atoms with Gasteiger partial charge in [-0.15, -0.1) is 0 Å². The maximum absolute atomic E-state index is 6.13. The topological polar surface area (TPSA) is 47.3 Å². The molecule has 0 aliphatic rings. The van der Waals surface area contributed by atoms with Crippen molar-refractivity contribution in [3.8, 4) is 5.75 Å². The fourth-order valence-corrected chi connectivity index (χ4v) is 1.70. The monoisotopic (exact) mass is 236 g/mol. The number of rotatable bonds is 6. The standard InChI is InChI=1S/C14H24N2O/c1-5-17-14-7-6-12(8-11(14)4)13(15)9-16-10(2)3/h6-8,10,13,16H,5,9,15H2,1-4H3. The molecular weight excluding hydrogens is 212 g/mol. The summed E-state index contributed by atoms with van der Waals surface area (Å²) in [6, 6.07) is 6.66. The quantitative estimate of drug-likeness (QED) is 0.797. The van der Waals surface area contributed by atoms with Gasteiger partial charge < -0.3 is 15.8 Å².